The first kappa shape index (κ1) is 13.3. The number of amides is 1. The SMILES string of the molecule is Cn1cc(C(=O)NC(C)(C)c2ccc(F)cc2)cn1. The fourth-order valence-electron chi connectivity index (χ4n) is 1.83. The van der Waals surface area contributed by atoms with Crippen LogP contribution in [0.1, 0.15) is 29.8 Å². The number of hydrogen-bond acceptors (Lipinski definition) is 2. The molecule has 4 nitrogen and oxygen atoms in total. The van der Waals surface area contributed by atoms with Crippen LogP contribution >= 0.6 is 0 Å². The second kappa shape index (κ2) is 4.84. The Morgan fingerprint density at radius 1 is 1.32 bits per heavy atom. The summed E-state index contributed by atoms with van der Waals surface area (Å²) in [7, 11) is 1.75. The van der Waals surface area contributed by atoms with E-state index in [0.717, 1.165) is 5.56 Å². The third kappa shape index (κ3) is 2.99. The molecule has 0 unspecified atom stereocenters. The predicted octanol–water partition coefficient (Wildman–Crippen LogP) is 2.22. The van der Waals surface area contributed by atoms with Crippen LogP contribution in [0.2, 0.25) is 0 Å². The Hall–Kier alpha value is -2.17. The third-order valence-electron chi connectivity index (χ3n) is 2.96. The number of nitrogens with one attached hydrogen (secondary N) is 1. The van der Waals surface area contributed by atoms with Crippen molar-refractivity contribution in [2.24, 2.45) is 7.05 Å². The van der Waals surface area contributed by atoms with Gasteiger partial charge in [-0.2, -0.15) is 5.10 Å². The summed E-state index contributed by atoms with van der Waals surface area (Å²) in [6.07, 6.45) is 3.16. The molecule has 0 fully saturated rings. The topological polar surface area (TPSA) is 46.9 Å². The lowest BCUT2D eigenvalue weighted by Gasteiger charge is -2.26. The Balaban J connectivity index is 2.17. The molecular weight excluding hydrogens is 245 g/mol. The first-order valence-electron chi connectivity index (χ1n) is 5.96. The molecule has 0 radical (unpaired) electrons. The molecule has 5 heteroatoms. The van der Waals surface area contributed by atoms with Crippen molar-refractivity contribution in [2.45, 2.75) is 19.4 Å². The third-order valence-corrected chi connectivity index (χ3v) is 2.96. The Bertz CT molecular complexity index is 587. The van der Waals surface area contributed by atoms with E-state index in [1.54, 1.807) is 30.1 Å². The van der Waals surface area contributed by atoms with Crippen molar-refractivity contribution in [1.29, 1.82) is 0 Å². The molecule has 0 bridgehead atoms. The van der Waals surface area contributed by atoms with Gasteiger partial charge in [0.05, 0.1) is 17.3 Å². The maximum absolute atomic E-state index is 12.9. The van der Waals surface area contributed by atoms with Crippen LogP contribution in [-0.2, 0) is 12.6 Å². The molecule has 0 saturated heterocycles. The number of aromatic nitrogens is 2. The number of aryl methyl sites for hydroxylation is 1. The van der Waals surface area contributed by atoms with E-state index in [0.29, 0.717) is 5.56 Å². The molecule has 2 rings (SSSR count). The quantitative estimate of drug-likeness (QED) is 0.921. The van der Waals surface area contributed by atoms with Crippen molar-refractivity contribution < 1.29 is 9.18 Å². The molecule has 1 heterocycles. The summed E-state index contributed by atoms with van der Waals surface area (Å²) in [5, 5.41) is 6.87. The van der Waals surface area contributed by atoms with Crippen LogP contribution in [-0.4, -0.2) is 15.7 Å². The van der Waals surface area contributed by atoms with Crippen LogP contribution in [0.4, 0.5) is 4.39 Å². The standard InChI is InChI=1S/C14H16FN3O/c1-14(2,11-4-6-12(15)7-5-11)17-13(19)10-8-16-18(3)9-10/h4-9H,1-3H3,(H,17,19). The van der Waals surface area contributed by atoms with Crippen molar-refractivity contribution in [3.8, 4) is 0 Å². The van der Waals surface area contributed by atoms with Crippen LogP contribution in [0, 0.1) is 5.82 Å². The van der Waals surface area contributed by atoms with Gasteiger partial charge in [0.15, 0.2) is 0 Å². The first-order chi connectivity index (χ1) is 8.88. The number of rotatable bonds is 3. The Morgan fingerprint density at radius 2 is 1.95 bits per heavy atom. The second-order valence-electron chi connectivity index (χ2n) is 4.99. The number of halogens is 1. The van der Waals surface area contributed by atoms with Crippen molar-refractivity contribution in [3.05, 3.63) is 53.6 Å². The Kier molecular flexibility index (Phi) is 3.38. The maximum atomic E-state index is 12.9. The Morgan fingerprint density at radius 3 is 2.47 bits per heavy atom. The minimum Gasteiger partial charge on any atom is -0.343 e. The molecule has 0 atom stereocenters. The minimum absolute atomic E-state index is 0.206. The zero-order valence-electron chi connectivity index (χ0n) is 11.1. The smallest absolute Gasteiger partial charge is 0.255 e. The average Bonchev–Trinajstić information content (AvgIpc) is 2.76. The van der Waals surface area contributed by atoms with E-state index >= 15 is 0 Å². The summed E-state index contributed by atoms with van der Waals surface area (Å²) < 4.78 is 14.5. The summed E-state index contributed by atoms with van der Waals surface area (Å²) in [6, 6.07) is 6.10. The van der Waals surface area contributed by atoms with E-state index in [1.807, 2.05) is 13.8 Å². The highest BCUT2D eigenvalue weighted by molar-refractivity contribution is 5.94. The second-order valence-corrected chi connectivity index (χ2v) is 4.99. The number of hydrogen-bond donors (Lipinski definition) is 1. The van der Waals surface area contributed by atoms with E-state index in [1.165, 1.54) is 18.3 Å². The Labute approximate surface area is 111 Å². The fraction of sp³-hybridized carbons (Fsp3) is 0.286. The van der Waals surface area contributed by atoms with Gasteiger partial charge in [0.1, 0.15) is 5.82 Å². The monoisotopic (exact) mass is 261 g/mol. The van der Waals surface area contributed by atoms with Gasteiger partial charge in [-0.3, -0.25) is 9.48 Å². The molecular formula is C14H16FN3O. The van der Waals surface area contributed by atoms with Gasteiger partial charge in [0.25, 0.3) is 5.91 Å². The largest absolute Gasteiger partial charge is 0.343 e. The lowest BCUT2D eigenvalue weighted by molar-refractivity contribution is 0.0912. The van der Waals surface area contributed by atoms with E-state index in [4.69, 9.17) is 0 Å². The maximum Gasteiger partial charge on any atom is 0.255 e. The van der Waals surface area contributed by atoms with Crippen molar-refractivity contribution in [1.82, 2.24) is 15.1 Å². The van der Waals surface area contributed by atoms with E-state index < -0.39 is 5.54 Å². The van der Waals surface area contributed by atoms with Gasteiger partial charge >= 0.3 is 0 Å². The minimum atomic E-state index is -0.583. The van der Waals surface area contributed by atoms with Gasteiger partial charge < -0.3 is 5.32 Å². The zero-order valence-corrected chi connectivity index (χ0v) is 11.1. The molecule has 0 aliphatic rings. The van der Waals surface area contributed by atoms with Crippen LogP contribution < -0.4 is 5.32 Å². The highest BCUT2D eigenvalue weighted by atomic mass is 19.1. The summed E-state index contributed by atoms with van der Waals surface area (Å²) >= 11 is 0. The average molecular weight is 261 g/mol. The summed E-state index contributed by atoms with van der Waals surface area (Å²) in [4.78, 5) is 12.1. The van der Waals surface area contributed by atoms with Gasteiger partial charge in [0.2, 0.25) is 0 Å². The molecule has 1 amide bonds. The normalized spacial score (nSPS) is 11.4. The molecule has 0 spiro atoms. The van der Waals surface area contributed by atoms with Gasteiger partial charge in [-0.1, -0.05) is 12.1 Å². The molecule has 2 aromatic rings. The van der Waals surface area contributed by atoms with E-state index in [2.05, 4.69) is 10.4 Å². The molecule has 100 valence electrons. The highest BCUT2D eigenvalue weighted by Gasteiger charge is 2.23. The molecule has 1 N–H and O–H groups in total. The fourth-order valence-corrected chi connectivity index (χ4v) is 1.83. The van der Waals surface area contributed by atoms with Crippen molar-refractivity contribution in [3.63, 3.8) is 0 Å². The van der Waals surface area contributed by atoms with Gasteiger partial charge in [-0.05, 0) is 31.5 Å². The molecule has 0 aliphatic heterocycles. The lowest BCUT2D eigenvalue weighted by Crippen LogP contribution is -2.40. The van der Waals surface area contributed by atoms with Gasteiger partial charge in [-0.15, -0.1) is 0 Å². The van der Waals surface area contributed by atoms with E-state index in [9.17, 15) is 9.18 Å². The predicted molar refractivity (Wildman–Crippen MR) is 70.1 cm³/mol. The number of nitrogens with zero attached hydrogens (tertiary/aromatic N) is 2. The number of carbonyl (C=O) groups excluding carboxylic acids is 1. The zero-order chi connectivity index (χ0) is 14.0. The lowest BCUT2D eigenvalue weighted by atomic mass is 9.94. The molecule has 0 aliphatic carbocycles. The van der Waals surface area contributed by atoms with Crippen LogP contribution in [0.25, 0.3) is 0 Å². The summed E-state index contributed by atoms with van der Waals surface area (Å²) in [5.74, 6) is -0.499. The van der Waals surface area contributed by atoms with Gasteiger partial charge in [0, 0.05) is 13.2 Å². The summed E-state index contributed by atoms with van der Waals surface area (Å²) in [5.41, 5.74) is 0.754. The molecule has 1 aromatic heterocycles. The van der Waals surface area contributed by atoms with Crippen LogP contribution in [0.3, 0.4) is 0 Å². The molecule has 1 aromatic carbocycles. The van der Waals surface area contributed by atoms with Crippen molar-refractivity contribution >= 4 is 5.91 Å². The van der Waals surface area contributed by atoms with Crippen LogP contribution in [0.5, 0.6) is 0 Å². The number of benzene rings is 1. The first-order valence-corrected chi connectivity index (χ1v) is 5.96. The highest BCUT2D eigenvalue weighted by Crippen LogP contribution is 2.20. The molecule has 19 heavy (non-hydrogen) atoms. The molecule has 0 saturated carbocycles. The van der Waals surface area contributed by atoms with Gasteiger partial charge in [-0.25, -0.2) is 4.39 Å². The number of carbonyl (C=O) groups is 1. The summed E-state index contributed by atoms with van der Waals surface area (Å²) in [6.45, 7) is 3.74. The van der Waals surface area contributed by atoms with E-state index in [-0.39, 0.29) is 11.7 Å². The van der Waals surface area contributed by atoms with Crippen molar-refractivity contribution in [2.75, 3.05) is 0 Å². The van der Waals surface area contributed by atoms with Crippen LogP contribution in [0.15, 0.2) is 36.7 Å².